The van der Waals surface area contributed by atoms with Crippen molar-refractivity contribution in [2.75, 3.05) is 6.54 Å². The van der Waals surface area contributed by atoms with Gasteiger partial charge >= 0.3 is 6.18 Å². The number of rotatable bonds is 2. The zero-order chi connectivity index (χ0) is 13.3. The Morgan fingerprint density at radius 2 is 2.00 bits per heavy atom. The maximum Gasteiger partial charge on any atom is 0.433 e. The van der Waals surface area contributed by atoms with Crippen LogP contribution in [0.4, 0.5) is 13.2 Å². The second-order valence-electron chi connectivity index (χ2n) is 4.01. The molecule has 1 amide bonds. The molecule has 2 heterocycles. The minimum atomic E-state index is -4.47. The van der Waals surface area contributed by atoms with E-state index in [2.05, 4.69) is 4.98 Å². The Morgan fingerprint density at radius 3 is 2.44 bits per heavy atom. The summed E-state index contributed by atoms with van der Waals surface area (Å²) in [4.78, 5) is 26.9. The molecule has 0 atom stereocenters. The zero-order valence-electron chi connectivity index (χ0n) is 9.20. The van der Waals surface area contributed by atoms with Gasteiger partial charge in [-0.1, -0.05) is 6.07 Å². The highest BCUT2D eigenvalue weighted by atomic mass is 19.4. The van der Waals surface area contributed by atoms with Crippen LogP contribution in [0.3, 0.4) is 0 Å². The van der Waals surface area contributed by atoms with Crippen molar-refractivity contribution in [2.45, 2.75) is 19.1 Å². The highest BCUT2D eigenvalue weighted by Gasteiger charge is 2.32. The van der Waals surface area contributed by atoms with Crippen LogP contribution < -0.4 is 0 Å². The molecule has 7 heteroatoms. The summed E-state index contributed by atoms with van der Waals surface area (Å²) in [5, 5.41) is 0. The number of carbonyl (C=O) groups excluding carboxylic acids is 2. The third kappa shape index (κ3) is 2.66. The fraction of sp³-hybridized carbons (Fsp3) is 0.364. The first-order valence-corrected chi connectivity index (χ1v) is 5.18. The van der Waals surface area contributed by atoms with E-state index >= 15 is 0 Å². The van der Waals surface area contributed by atoms with E-state index in [4.69, 9.17) is 0 Å². The highest BCUT2D eigenvalue weighted by Crippen LogP contribution is 2.27. The molecule has 0 radical (unpaired) electrons. The van der Waals surface area contributed by atoms with Crippen LogP contribution in [0.15, 0.2) is 18.3 Å². The fourth-order valence-electron chi connectivity index (χ4n) is 1.69. The summed E-state index contributed by atoms with van der Waals surface area (Å²) in [6.07, 6.45) is -3.54. The number of hydrogen-bond donors (Lipinski definition) is 0. The summed E-state index contributed by atoms with van der Waals surface area (Å²) in [7, 11) is 0. The second-order valence-corrected chi connectivity index (χ2v) is 4.01. The van der Waals surface area contributed by atoms with Gasteiger partial charge < -0.3 is 4.90 Å². The third-order valence-electron chi connectivity index (χ3n) is 2.56. The molecule has 0 aliphatic carbocycles. The smallest absolute Gasteiger partial charge is 0.331 e. The van der Waals surface area contributed by atoms with Crippen molar-refractivity contribution in [1.29, 1.82) is 0 Å². The Labute approximate surface area is 100 Å². The van der Waals surface area contributed by atoms with Crippen LogP contribution in [0.2, 0.25) is 0 Å². The van der Waals surface area contributed by atoms with Gasteiger partial charge in [-0.3, -0.25) is 14.6 Å². The maximum absolute atomic E-state index is 12.3. The van der Waals surface area contributed by atoms with E-state index in [0.717, 1.165) is 12.3 Å². The van der Waals surface area contributed by atoms with Crippen molar-refractivity contribution in [1.82, 2.24) is 9.88 Å². The van der Waals surface area contributed by atoms with Gasteiger partial charge in [0, 0.05) is 12.7 Å². The van der Waals surface area contributed by atoms with E-state index in [0.29, 0.717) is 5.56 Å². The predicted molar refractivity (Wildman–Crippen MR) is 54.3 cm³/mol. The molecule has 1 aliphatic rings. The Kier molecular flexibility index (Phi) is 3.06. The molecule has 0 spiro atoms. The second kappa shape index (κ2) is 4.40. The first-order valence-electron chi connectivity index (χ1n) is 5.18. The standard InChI is InChI=1S/C11H9F3N2O2/c12-11(13,14)9-2-1-7(4-15-9)5-16-6-8(17)3-10(16)18/h1-2,4H,3,5-6H2. The Hall–Kier alpha value is -1.92. The normalized spacial score (nSPS) is 16.5. The number of ketones is 1. The number of carbonyl (C=O) groups is 2. The molecular formula is C11H9F3N2O2. The average molecular weight is 258 g/mol. The molecule has 1 aromatic rings. The van der Waals surface area contributed by atoms with Gasteiger partial charge in [-0.2, -0.15) is 13.2 Å². The van der Waals surface area contributed by atoms with E-state index in [1.165, 1.54) is 11.0 Å². The minimum absolute atomic E-state index is 0.0137. The maximum atomic E-state index is 12.3. The van der Waals surface area contributed by atoms with Gasteiger partial charge in [0.05, 0.1) is 13.0 Å². The van der Waals surface area contributed by atoms with Gasteiger partial charge in [0.1, 0.15) is 5.69 Å². The molecule has 4 nitrogen and oxygen atoms in total. The number of halogens is 3. The first-order chi connectivity index (χ1) is 8.36. The van der Waals surface area contributed by atoms with E-state index < -0.39 is 11.9 Å². The van der Waals surface area contributed by atoms with Gasteiger partial charge in [0.2, 0.25) is 5.91 Å². The summed E-state index contributed by atoms with van der Waals surface area (Å²) in [5.41, 5.74) is -0.513. The van der Waals surface area contributed by atoms with E-state index in [-0.39, 0.29) is 31.2 Å². The fourth-order valence-corrected chi connectivity index (χ4v) is 1.69. The molecule has 1 aromatic heterocycles. The number of likely N-dealkylation sites (tertiary alicyclic amines) is 1. The van der Waals surface area contributed by atoms with Crippen molar-refractivity contribution >= 4 is 11.7 Å². The van der Waals surface area contributed by atoms with Crippen molar-refractivity contribution in [3.63, 3.8) is 0 Å². The largest absolute Gasteiger partial charge is 0.433 e. The lowest BCUT2D eigenvalue weighted by Gasteiger charge is -2.14. The highest BCUT2D eigenvalue weighted by molar-refractivity contribution is 6.05. The number of pyridine rings is 1. The topological polar surface area (TPSA) is 50.3 Å². The van der Waals surface area contributed by atoms with E-state index in [1.807, 2.05) is 0 Å². The van der Waals surface area contributed by atoms with Crippen LogP contribution in [-0.2, 0) is 22.3 Å². The number of amides is 1. The number of Topliss-reactive ketones (excluding diaryl/α,β-unsaturated/α-hetero) is 1. The van der Waals surface area contributed by atoms with Crippen LogP contribution in [0.25, 0.3) is 0 Å². The zero-order valence-corrected chi connectivity index (χ0v) is 9.20. The third-order valence-corrected chi connectivity index (χ3v) is 2.56. The molecular weight excluding hydrogens is 249 g/mol. The SMILES string of the molecule is O=C1CC(=O)N(Cc2ccc(C(F)(F)F)nc2)C1. The summed E-state index contributed by atoms with van der Waals surface area (Å²) in [6.45, 7) is 0.121. The number of aromatic nitrogens is 1. The number of alkyl halides is 3. The molecule has 0 bridgehead atoms. The van der Waals surface area contributed by atoms with Crippen molar-refractivity contribution in [3.8, 4) is 0 Å². The first kappa shape index (κ1) is 12.5. The molecule has 0 saturated carbocycles. The van der Waals surface area contributed by atoms with Crippen LogP contribution >= 0.6 is 0 Å². The monoisotopic (exact) mass is 258 g/mol. The number of nitrogens with zero attached hydrogens (tertiary/aromatic N) is 2. The molecule has 0 N–H and O–H groups in total. The molecule has 0 aromatic carbocycles. The average Bonchev–Trinajstić information content (AvgIpc) is 2.57. The predicted octanol–water partition coefficient (Wildman–Crippen LogP) is 1.40. The van der Waals surface area contributed by atoms with Crippen LogP contribution in [0.1, 0.15) is 17.7 Å². The molecule has 1 saturated heterocycles. The molecule has 0 unspecified atom stereocenters. The van der Waals surface area contributed by atoms with Gasteiger partial charge in [-0.15, -0.1) is 0 Å². The Balaban J connectivity index is 2.07. The molecule has 2 rings (SSSR count). The molecule has 96 valence electrons. The minimum Gasteiger partial charge on any atom is -0.331 e. The van der Waals surface area contributed by atoms with Crippen LogP contribution in [-0.4, -0.2) is 28.1 Å². The van der Waals surface area contributed by atoms with Crippen molar-refractivity contribution < 1.29 is 22.8 Å². The lowest BCUT2D eigenvalue weighted by Crippen LogP contribution is -2.24. The van der Waals surface area contributed by atoms with Gasteiger partial charge in [0.15, 0.2) is 5.78 Å². The van der Waals surface area contributed by atoms with Crippen LogP contribution in [0, 0.1) is 0 Å². The number of hydrogen-bond acceptors (Lipinski definition) is 3. The van der Waals surface area contributed by atoms with E-state index in [9.17, 15) is 22.8 Å². The quantitative estimate of drug-likeness (QED) is 0.753. The Morgan fingerprint density at radius 1 is 1.28 bits per heavy atom. The summed E-state index contributed by atoms with van der Waals surface area (Å²) < 4.78 is 36.8. The Bertz CT molecular complexity index is 482. The van der Waals surface area contributed by atoms with Gasteiger partial charge in [-0.25, -0.2) is 0 Å². The molecule has 18 heavy (non-hydrogen) atoms. The van der Waals surface area contributed by atoms with Crippen LogP contribution in [0.5, 0.6) is 0 Å². The van der Waals surface area contributed by atoms with Gasteiger partial charge in [-0.05, 0) is 11.6 Å². The summed E-state index contributed by atoms with van der Waals surface area (Å²) in [6, 6.07) is 2.11. The summed E-state index contributed by atoms with van der Waals surface area (Å²) in [5.74, 6) is -0.486. The molecule has 1 fully saturated rings. The van der Waals surface area contributed by atoms with E-state index in [1.54, 1.807) is 0 Å². The summed E-state index contributed by atoms with van der Waals surface area (Å²) >= 11 is 0. The van der Waals surface area contributed by atoms with Crippen molar-refractivity contribution in [3.05, 3.63) is 29.6 Å². The molecule has 1 aliphatic heterocycles. The lowest BCUT2D eigenvalue weighted by atomic mass is 10.2. The lowest BCUT2D eigenvalue weighted by molar-refractivity contribution is -0.141. The van der Waals surface area contributed by atoms with Gasteiger partial charge in [0.25, 0.3) is 0 Å². The van der Waals surface area contributed by atoms with Crippen molar-refractivity contribution in [2.24, 2.45) is 0 Å².